The Morgan fingerprint density at radius 1 is 1.14 bits per heavy atom. The quantitative estimate of drug-likeness (QED) is 0.467. The molecule has 1 aromatic carbocycles. The highest BCUT2D eigenvalue weighted by molar-refractivity contribution is 5.84. The monoisotopic (exact) mass is 482 g/mol. The van der Waals surface area contributed by atoms with E-state index in [0.717, 1.165) is 25.7 Å². The van der Waals surface area contributed by atoms with Crippen LogP contribution in [0.2, 0.25) is 0 Å². The first-order valence-electron chi connectivity index (χ1n) is 11.7. The van der Waals surface area contributed by atoms with E-state index in [-0.39, 0.29) is 37.5 Å². The molecule has 1 N–H and O–H groups in total. The van der Waals surface area contributed by atoms with Crippen LogP contribution in [0, 0.1) is 0 Å². The van der Waals surface area contributed by atoms with Crippen molar-refractivity contribution in [3.63, 3.8) is 0 Å². The zero-order chi connectivity index (χ0) is 24.6. The SMILES string of the molecule is COc1ccc(-c2nnn(CC(=O)N(CC(=O)NC3CCCCC3)Cc3ccco3)n2)cc1OC. The zero-order valence-corrected chi connectivity index (χ0v) is 20.0. The van der Waals surface area contributed by atoms with Gasteiger partial charge in [-0.25, -0.2) is 0 Å². The van der Waals surface area contributed by atoms with Crippen LogP contribution in [-0.2, 0) is 22.7 Å². The summed E-state index contributed by atoms with van der Waals surface area (Å²) in [5.74, 6) is 1.53. The Kier molecular flexibility index (Phi) is 7.96. The van der Waals surface area contributed by atoms with Crippen LogP contribution in [0.4, 0.5) is 0 Å². The fraction of sp³-hybridized carbons (Fsp3) is 0.458. The number of benzene rings is 1. The molecule has 2 heterocycles. The van der Waals surface area contributed by atoms with Crippen molar-refractivity contribution in [2.45, 2.75) is 51.2 Å². The molecule has 35 heavy (non-hydrogen) atoms. The summed E-state index contributed by atoms with van der Waals surface area (Å²) in [5, 5.41) is 15.5. The Bertz CT molecular complexity index is 1120. The van der Waals surface area contributed by atoms with E-state index in [1.165, 1.54) is 22.4 Å². The van der Waals surface area contributed by atoms with E-state index in [1.807, 2.05) is 0 Å². The number of amides is 2. The van der Waals surface area contributed by atoms with Gasteiger partial charge in [0.25, 0.3) is 0 Å². The lowest BCUT2D eigenvalue weighted by atomic mass is 9.95. The van der Waals surface area contributed by atoms with Crippen LogP contribution in [-0.4, -0.2) is 63.7 Å². The first-order chi connectivity index (χ1) is 17.1. The van der Waals surface area contributed by atoms with Crippen molar-refractivity contribution in [2.24, 2.45) is 0 Å². The standard InChI is InChI=1S/C24H30N6O5/c1-33-20-11-10-17(13-21(20)34-2)24-26-28-30(27-24)16-23(32)29(14-19-9-6-12-35-19)15-22(31)25-18-7-4-3-5-8-18/h6,9-13,18H,3-5,7-8,14-16H2,1-2H3,(H,25,31). The number of hydrogen-bond donors (Lipinski definition) is 1. The predicted molar refractivity (Wildman–Crippen MR) is 125 cm³/mol. The minimum Gasteiger partial charge on any atom is -0.493 e. The number of furan rings is 1. The lowest BCUT2D eigenvalue weighted by Gasteiger charge is -2.25. The van der Waals surface area contributed by atoms with Gasteiger partial charge in [-0.1, -0.05) is 19.3 Å². The number of nitrogens with zero attached hydrogens (tertiary/aromatic N) is 5. The maximum Gasteiger partial charge on any atom is 0.247 e. The van der Waals surface area contributed by atoms with Gasteiger partial charge in [-0.3, -0.25) is 9.59 Å². The smallest absolute Gasteiger partial charge is 0.247 e. The average molecular weight is 483 g/mol. The maximum absolute atomic E-state index is 13.1. The van der Waals surface area contributed by atoms with Gasteiger partial charge in [-0.15, -0.1) is 10.2 Å². The molecule has 0 aliphatic heterocycles. The number of nitrogens with one attached hydrogen (secondary N) is 1. The normalized spacial score (nSPS) is 13.9. The Morgan fingerprint density at radius 3 is 2.66 bits per heavy atom. The van der Waals surface area contributed by atoms with Crippen molar-refractivity contribution < 1.29 is 23.5 Å². The van der Waals surface area contributed by atoms with Crippen molar-refractivity contribution in [1.29, 1.82) is 0 Å². The average Bonchev–Trinajstić information content (AvgIpc) is 3.56. The number of tetrazole rings is 1. The highest BCUT2D eigenvalue weighted by Crippen LogP contribution is 2.30. The van der Waals surface area contributed by atoms with Gasteiger partial charge in [-0.05, 0) is 48.4 Å². The van der Waals surface area contributed by atoms with Crippen LogP contribution in [0.3, 0.4) is 0 Å². The van der Waals surface area contributed by atoms with Crippen LogP contribution in [0.15, 0.2) is 41.0 Å². The third-order valence-corrected chi connectivity index (χ3v) is 5.96. The van der Waals surface area contributed by atoms with Crippen LogP contribution in [0.25, 0.3) is 11.4 Å². The molecule has 0 bridgehead atoms. The molecule has 4 rings (SSSR count). The highest BCUT2D eigenvalue weighted by Gasteiger charge is 2.23. The van der Waals surface area contributed by atoms with E-state index >= 15 is 0 Å². The number of carbonyl (C=O) groups is 2. The van der Waals surface area contributed by atoms with Crippen LogP contribution in [0.5, 0.6) is 11.5 Å². The van der Waals surface area contributed by atoms with E-state index < -0.39 is 0 Å². The van der Waals surface area contributed by atoms with E-state index in [9.17, 15) is 9.59 Å². The van der Waals surface area contributed by atoms with Gasteiger partial charge in [0.05, 0.1) is 27.0 Å². The summed E-state index contributed by atoms with van der Waals surface area (Å²) in [7, 11) is 3.10. The molecule has 0 atom stereocenters. The highest BCUT2D eigenvalue weighted by atomic mass is 16.5. The van der Waals surface area contributed by atoms with E-state index in [0.29, 0.717) is 28.6 Å². The van der Waals surface area contributed by atoms with E-state index in [4.69, 9.17) is 13.9 Å². The predicted octanol–water partition coefficient (Wildman–Crippen LogP) is 2.43. The Morgan fingerprint density at radius 2 is 1.94 bits per heavy atom. The first kappa shape index (κ1) is 24.2. The second kappa shape index (κ2) is 11.5. The number of carbonyl (C=O) groups excluding carboxylic acids is 2. The molecule has 2 aromatic heterocycles. The van der Waals surface area contributed by atoms with Gasteiger partial charge in [0.2, 0.25) is 17.6 Å². The van der Waals surface area contributed by atoms with Crippen molar-refractivity contribution in [3.8, 4) is 22.9 Å². The van der Waals surface area contributed by atoms with Crippen molar-refractivity contribution in [2.75, 3.05) is 20.8 Å². The van der Waals surface area contributed by atoms with Gasteiger partial charge >= 0.3 is 0 Å². The van der Waals surface area contributed by atoms with Gasteiger partial charge < -0.3 is 24.1 Å². The molecule has 0 spiro atoms. The minimum atomic E-state index is -0.323. The number of hydrogen-bond acceptors (Lipinski definition) is 8. The fourth-order valence-electron chi connectivity index (χ4n) is 4.14. The second-order valence-electron chi connectivity index (χ2n) is 8.44. The molecular formula is C24H30N6O5. The first-order valence-corrected chi connectivity index (χ1v) is 11.7. The second-order valence-corrected chi connectivity index (χ2v) is 8.44. The lowest BCUT2D eigenvalue weighted by molar-refractivity contribution is -0.138. The van der Waals surface area contributed by atoms with Gasteiger partial charge in [0.15, 0.2) is 11.5 Å². The number of rotatable bonds is 10. The molecule has 11 nitrogen and oxygen atoms in total. The summed E-state index contributed by atoms with van der Waals surface area (Å²) in [6.07, 6.45) is 6.90. The van der Waals surface area contributed by atoms with Crippen LogP contribution in [0.1, 0.15) is 37.9 Å². The molecule has 0 unspecified atom stereocenters. The maximum atomic E-state index is 13.1. The van der Waals surface area contributed by atoms with Crippen molar-refractivity contribution in [1.82, 2.24) is 30.4 Å². The molecule has 11 heteroatoms. The molecule has 2 amide bonds. The van der Waals surface area contributed by atoms with Crippen LogP contribution < -0.4 is 14.8 Å². The Balaban J connectivity index is 1.43. The molecule has 1 aliphatic carbocycles. The minimum absolute atomic E-state index is 0.0761. The summed E-state index contributed by atoms with van der Waals surface area (Å²) in [6, 6.07) is 8.94. The summed E-state index contributed by atoms with van der Waals surface area (Å²) < 4.78 is 16.0. The summed E-state index contributed by atoms with van der Waals surface area (Å²) in [4.78, 5) is 28.5. The largest absolute Gasteiger partial charge is 0.493 e. The molecule has 1 saturated carbocycles. The van der Waals surface area contributed by atoms with Crippen molar-refractivity contribution >= 4 is 11.8 Å². The summed E-state index contributed by atoms with van der Waals surface area (Å²) in [5.41, 5.74) is 0.667. The van der Waals surface area contributed by atoms with Gasteiger partial charge in [0, 0.05) is 11.6 Å². The molecular weight excluding hydrogens is 452 g/mol. The number of methoxy groups -OCH3 is 2. The lowest BCUT2D eigenvalue weighted by Crippen LogP contribution is -2.45. The Labute approximate surface area is 203 Å². The van der Waals surface area contributed by atoms with Gasteiger partial charge in [-0.2, -0.15) is 4.80 Å². The molecule has 1 aliphatic rings. The molecule has 1 fully saturated rings. The summed E-state index contributed by atoms with van der Waals surface area (Å²) in [6.45, 7) is -0.0773. The van der Waals surface area contributed by atoms with Crippen molar-refractivity contribution in [3.05, 3.63) is 42.4 Å². The molecule has 186 valence electrons. The molecule has 3 aromatic rings. The van der Waals surface area contributed by atoms with Crippen LogP contribution >= 0.6 is 0 Å². The number of ether oxygens (including phenoxy) is 2. The van der Waals surface area contributed by atoms with E-state index in [1.54, 1.807) is 44.6 Å². The zero-order valence-electron chi connectivity index (χ0n) is 20.0. The molecule has 0 saturated heterocycles. The molecule has 0 radical (unpaired) electrons. The summed E-state index contributed by atoms with van der Waals surface area (Å²) >= 11 is 0. The van der Waals surface area contributed by atoms with Gasteiger partial charge in [0.1, 0.15) is 18.8 Å². The third-order valence-electron chi connectivity index (χ3n) is 5.96. The fourth-order valence-corrected chi connectivity index (χ4v) is 4.14. The third kappa shape index (κ3) is 6.37. The number of aromatic nitrogens is 4. The van der Waals surface area contributed by atoms with E-state index in [2.05, 4.69) is 20.7 Å². The topological polar surface area (TPSA) is 125 Å². The Hall–Kier alpha value is -3.89.